The largest absolute Gasteiger partial charge is 0.503 e. The van der Waals surface area contributed by atoms with Gasteiger partial charge < -0.3 is 14.7 Å². The molecule has 30 heavy (non-hydrogen) atoms. The third-order valence-electron chi connectivity index (χ3n) is 6.48. The molecule has 160 valence electrons. The second-order valence-electron chi connectivity index (χ2n) is 8.66. The Labute approximate surface area is 175 Å². The van der Waals surface area contributed by atoms with Gasteiger partial charge >= 0.3 is 0 Å². The predicted molar refractivity (Wildman–Crippen MR) is 109 cm³/mol. The number of ether oxygens (including phenoxy) is 1. The van der Waals surface area contributed by atoms with E-state index in [0.29, 0.717) is 23.9 Å². The van der Waals surface area contributed by atoms with Crippen molar-refractivity contribution in [2.45, 2.75) is 52.2 Å². The fourth-order valence-electron chi connectivity index (χ4n) is 4.75. The van der Waals surface area contributed by atoms with Gasteiger partial charge in [-0.05, 0) is 80.7 Å². The Balaban J connectivity index is 1.32. The summed E-state index contributed by atoms with van der Waals surface area (Å²) in [6.07, 6.45) is 4.07. The molecule has 2 aromatic rings. The van der Waals surface area contributed by atoms with Crippen LogP contribution in [0, 0.1) is 30.4 Å². The van der Waals surface area contributed by atoms with Gasteiger partial charge in [0.1, 0.15) is 5.75 Å². The summed E-state index contributed by atoms with van der Waals surface area (Å²) >= 11 is 0. The van der Waals surface area contributed by atoms with Crippen molar-refractivity contribution in [3.8, 4) is 11.5 Å². The van der Waals surface area contributed by atoms with Crippen LogP contribution < -0.4 is 4.74 Å². The first kappa shape index (κ1) is 20.6. The number of carbonyl (C=O) groups excluding carboxylic acids is 1. The lowest BCUT2D eigenvalue weighted by atomic mass is 9.79. The van der Waals surface area contributed by atoms with Crippen LogP contribution in [0.5, 0.6) is 11.5 Å². The molecule has 0 radical (unpaired) electrons. The number of phenols is 1. The summed E-state index contributed by atoms with van der Waals surface area (Å²) in [6.45, 7) is 4.87. The molecule has 4 rings (SSSR count). The van der Waals surface area contributed by atoms with E-state index in [2.05, 4.69) is 6.92 Å². The molecular weight excluding hydrogens is 388 g/mol. The standard InChI is InChI=1S/C24H27F2NO3/c1-14-4-3-5-19(10-14)30-15(2)17-8-6-16(7-9-17)12-27-13-18-11-20(25)23(28)22(26)21(18)24(27)29/h3-5,10-11,15-17,28H,6-9,12-13H2,1-2H3. The number of aromatic hydroxyl groups is 1. The first-order valence-corrected chi connectivity index (χ1v) is 10.6. The van der Waals surface area contributed by atoms with Gasteiger partial charge in [-0.25, -0.2) is 8.78 Å². The zero-order chi connectivity index (χ0) is 21.4. The summed E-state index contributed by atoms with van der Waals surface area (Å²) in [5, 5.41) is 9.47. The third-order valence-corrected chi connectivity index (χ3v) is 6.48. The topological polar surface area (TPSA) is 49.8 Å². The highest BCUT2D eigenvalue weighted by atomic mass is 19.1. The quantitative estimate of drug-likeness (QED) is 0.729. The van der Waals surface area contributed by atoms with E-state index in [1.165, 1.54) is 5.56 Å². The summed E-state index contributed by atoms with van der Waals surface area (Å²) in [5.41, 5.74) is 1.29. The fraction of sp³-hybridized carbons (Fsp3) is 0.458. The first-order chi connectivity index (χ1) is 14.3. The van der Waals surface area contributed by atoms with Crippen LogP contribution in [0.2, 0.25) is 0 Å². The summed E-state index contributed by atoms with van der Waals surface area (Å²) < 4.78 is 33.9. The van der Waals surface area contributed by atoms with E-state index in [-0.39, 0.29) is 18.2 Å². The van der Waals surface area contributed by atoms with Crippen LogP contribution in [0.1, 0.15) is 54.1 Å². The van der Waals surface area contributed by atoms with E-state index in [9.17, 15) is 18.7 Å². The highest BCUT2D eigenvalue weighted by Gasteiger charge is 2.36. The van der Waals surface area contributed by atoms with Gasteiger partial charge in [0.25, 0.3) is 5.91 Å². The van der Waals surface area contributed by atoms with Gasteiger partial charge in [-0.1, -0.05) is 12.1 Å². The lowest BCUT2D eigenvalue weighted by Crippen LogP contribution is -2.34. The first-order valence-electron chi connectivity index (χ1n) is 10.6. The fourth-order valence-corrected chi connectivity index (χ4v) is 4.75. The van der Waals surface area contributed by atoms with Gasteiger partial charge in [0.2, 0.25) is 0 Å². The van der Waals surface area contributed by atoms with Crippen molar-refractivity contribution in [2.24, 2.45) is 11.8 Å². The minimum atomic E-state index is -1.15. The van der Waals surface area contributed by atoms with E-state index in [1.807, 2.05) is 31.2 Å². The van der Waals surface area contributed by atoms with Crippen LogP contribution in [-0.2, 0) is 6.54 Å². The van der Waals surface area contributed by atoms with E-state index in [1.54, 1.807) is 4.90 Å². The molecule has 1 heterocycles. The minimum Gasteiger partial charge on any atom is -0.503 e. The molecule has 0 spiro atoms. The van der Waals surface area contributed by atoms with E-state index < -0.39 is 23.3 Å². The molecule has 1 unspecified atom stereocenters. The number of nitrogens with zero attached hydrogens (tertiary/aromatic N) is 1. The number of hydrogen-bond acceptors (Lipinski definition) is 3. The van der Waals surface area contributed by atoms with Gasteiger partial charge in [-0.3, -0.25) is 4.79 Å². The second kappa shape index (κ2) is 8.25. The molecule has 2 aliphatic rings. The molecular formula is C24H27F2NO3. The SMILES string of the molecule is Cc1cccc(OC(C)C2CCC(CN3Cc4cc(F)c(O)c(F)c4C3=O)CC2)c1. The third kappa shape index (κ3) is 4.00. The van der Waals surface area contributed by atoms with Crippen molar-refractivity contribution in [3.05, 3.63) is 58.7 Å². The van der Waals surface area contributed by atoms with Crippen molar-refractivity contribution in [3.63, 3.8) is 0 Å². The molecule has 4 nitrogen and oxygen atoms in total. The summed E-state index contributed by atoms with van der Waals surface area (Å²) in [5.74, 6) is -2.04. The van der Waals surface area contributed by atoms with Gasteiger partial charge in [-0.2, -0.15) is 0 Å². The average molecular weight is 415 g/mol. The maximum Gasteiger partial charge on any atom is 0.257 e. The van der Waals surface area contributed by atoms with Crippen LogP contribution >= 0.6 is 0 Å². The Hall–Kier alpha value is -2.63. The number of aryl methyl sites for hydroxylation is 1. The molecule has 1 atom stereocenters. The maximum absolute atomic E-state index is 14.2. The monoisotopic (exact) mass is 415 g/mol. The molecule has 1 amide bonds. The number of amides is 1. The number of halogens is 2. The van der Waals surface area contributed by atoms with Gasteiger partial charge in [-0.15, -0.1) is 0 Å². The summed E-state index contributed by atoms with van der Waals surface area (Å²) in [4.78, 5) is 14.2. The van der Waals surface area contributed by atoms with Crippen molar-refractivity contribution in [2.75, 3.05) is 6.54 Å². The van der Waals surface area contributed by atoms with Crippen LogP contribution in [0.25, 0.3) is 0 Å². The van der Waals surface area contributed by atoms with Gasteiger partial charge in [0.05, 0.1) is 11.7 Å². The molecule has 1 saturated carbocycles. The highest BCUT2D eigenvalue weighted by molar-refractivity contribution is 5.99. The van der Waals surface area contributed by atoms with Gasteiger partial charge in [0.15, 0.2) is 17.4 Å². The highest BCUT2D eigenvalue weighted by Crippen LogP contribution is 2.36. The zero-order valence-corrected chi connectivity index (χ0v) is 17.3. The number of phenolic OH excluding ortho intramolecular Hbond substituents is 1. The Morgan fingerprint density at radius 1 is 1.20 bits per heavy atom. The Morgan fingerprint density at radius 2 is 1.93 bits per heavy atom. The zero-order valence-electron chi connectivity index (χ0n) is 17.3. The summed E-state index contributed by atoms with van der Waals surface area (Å²) in [6, 6.07) is 9.12. The van der Waals surface area contributed by atoms with E-state index in [0.717, 1.165) is 37.5 Å². The maximum atomic E-state index is 14.2. The molecule has 1 aliphatic carbocycles. The Morgan fingerprint density at radius 3 is 2.63 bits per heavy atom. The normalized spacial score (nSPS) is 22.1. The predicted octanol–water partition coefficient (Wildman–Crippen LogP) is 5.21. The minimum absolute atomic E-state index is 0.116. The summed E-state index contributed by atoms with van der Waals surface area (Å²) in [7, 11) is 0. The van der Waals surface area contributed by atoms with Crippen LogP contribution in [0.15, 0.2) is 30.3 Å². The Bertz CT molecular complexity index is 954. The number of fused-ring (bicyclic) bond motifs is 1. The molecule has 0 saturated heterocycles. The smallest absolute Gasteiger partial charge is 0.257 e. The number of benzene rings is 2. The van der Waals surface area contributed by atoms with Gasteiger partial charge in [0, 0.05) is 13.1 Å². The van der Waals surface area contributed by atoms with Crippen molar-refractivity contribution < 1.29 is 23.4 Å². The lowest BCUT2D eigenvalue weighted by molar-refractivity contribution is 0.0682. The van der Waals surface area contributed by atoms with Crippen LogP contribution in [0.4, 0.5) is 8.78 Å². The van der Waals surface area contributed by atoms with E-state index >= 15 is 0 Å². The second-order valence-corrected chi connectivity index (χ2v) is 8.66. The molecule has 2 aromatic carbocycles. The molecule has 0 bridgehead atoms. The van der Waals surface area contributed by atoms with Crippen LogP contribution in [-0.4, -0.2) is 28.6 Å². The van der Waals surface area contributed by atoms with Crippen molar-refractivity contribution >= 4 is 5.91 Å². The van der Waals surface area contributed by atoms with Crippen molar-refractivity contribution in [1.29, 1.82) is 0 Å². The molecule has 1 fully saturated rings. The Kier molecular flexibility index (Phi) is 5.67. The van der Waals surface area contributed by atoms with Crippen LogP contribution in [0.3, 0.4) is 0 Å². The number of rotatable bonds is 5. The number of carbonyl (C=O) groups is 1. The molecule has 1 aliphatic heterocycles. The lowest BCUT2D eigenvalue weighted by Gasteiger charge is -2.34. The van der Waals surface area contributed by atoms with E-state index in [4.69, 9.17) is 4.74 Å². The number of hydrogen-bond donors (Lipinski definition) is 1. The molecule has 0 aromatic heterocycles. The van der Waals surface area contributed by atoms with Crippen molar-refractivity contribution in [1.82, 2.24) is 4.90 Å². The average Bonchev–Trinajstić information content (AvgIpc) is 3.02. The molecule has 1 N–H and O–H groups in total. The molecule has 6 heteroatoms.